The fourth-order valence-corrected chi connectivity index (χ4v) is 7.40. The van der Waals surface area contributed by atoms with Crippen molar-refractivity contribution in [2.45, 2.75) is 71.1 Å². The molecule has 0 unspecified atom stereocenters. The third-order valence-electron chi connectivity index (χ3n) is 7.17. The molecule has 0 radical (unpaired) electrons. The maximum Gasteiger partial charge on any atom is 0.338 e. The van der Waals surface area contributed by atoms with Crippen LogP contribution >= 0.6 is 63.7 Å². The quantitative estimate of drug-likeness (QED) is 0.0826. The van der Waals surface area contributed by atoms with Gasteiger partial charge in [0.25, 0.3) is 0 Å². The van der Waals surface area contributed by atoms with Gasteiger partial charge in [-0.15, -0.1) is 0 Å². The highest BCUT2D eigenvalue weighted by Crippen LogP contribution is 2.49. The number of aromatic hydroxyl groups is 1. The first-order valence-electron chi connectivity index (χ1n) is 14.0. The summed E-state index contributed by atoms with van der Waals surface area (Å²) < 4.78 is 13.3. The highest BCUT2D eigenvalue weighted by atomic mass is 79.9. The Balaban J connectivity index is 1.60. The van der Waals surface area contributed by atoms with Crippen molar-refractivity contribution >= 4 is 80.7 Å². The minimum Gasteiger partial charge on any atom is -0.505 e. The molecule has 0 bridgehead atoms. The Morgan fingerprint density at radius 1 is 0.829 bits per heavy atom. The van der Waals surface area contributed by atoms with E-state index in [-0.39, 0.29) is 15.7 Å². The lowest BCUT2D eigenvalue weighted by Gasteiger charge is -2.19. The van der Waals surface area contributed by atoms with Gasteiger partial charge in [0.05, 0.1) is 21.1 Å². The van der Waals surface area contributed by atoms with Crippen LogP contribution in [0.5, 0.6) is 5.75 Å². The second-order valence-corrected chi connectivity index (χ2v) is 13.4. The van der Waals surface area contributed by atoms with Crippen LogP contribution in [0.3, 0.4) is 0 Å². The molecular weight excluding hydrogens is 784 g/mol. The maximum absolute atomic E-state index is 13.4. The number of ether oxygens (including phenoxy) is 1. The summed E-state index contributed by atoms with van der Waals surface area (Å²) in [4.78, 5) is 26.1. The zero-order valence-electron chi connectivity index (χ0n) is 22.8. The van der Waals surface area contributed by atoms with E-state index in [2.05, 4.69) is 70.6 Å². The van der Waals surface area contributed by atoms with Crippen LogP contribution in [-0.4, -0.2) is 17.7 Å². The lowest BCUT2D eigenvalue weighted by atomic mass is 9.91. The summed E-state index contributed by atoms with van der Waals surface area (Å²) in [5.74, 6) is -0.142. The predicted octanol–water partition coefficient (Wildman–Crippen LogP) is 11.4. The van der Waals surface area contributed by atoms with Gasteiger partial charge in [-0.25, -0.2) is 4.79 Å². The number of carbonyl (C=O) groups excluding carboxylic acids is 1. The Bertz CT molecular complexity index is 1560. The molecule has 1 aliphatic heterocycles. The molecule has 0 saturated carbocycles. The number of hydrogen-bond donors (Lipinski definition) is 1. The van der Waals surface area contributed by atoms with Gasteiger partial charge in [-0.1, -0.05) is 82.9 Å². The van der Waals surface area contributed by atoms with Crippen LogP contribution < -0.4 is 5.43 Å². The highest BCUT2D eigenvalue weighted by molar-refractivity contribution is 9.11. The number of halogens is 4. The molecule has 9 heteroatoms. The van der Waals surface area contributed by atoms with Gasteiger partial charge in [0.1, 0.15) is 14.7 Å². The molecule has 2 aliphatic rings. The number of esters is 1. The summed E-state index contributed by atoms with van der Waals surface area (Å²) in [5, 5.41) is 11.2. The SMILES string of the molecule is CCCCCCCCCCCCOC(=O)c1ccccc1-c1c2cc(Br)c(=O)c(Br)c-2oc2c(Br)c(O)c(Br)cc12. The number of rotatable bonds is 13. The van der Waals surface area contributed by atoms with Crippen molar-refractivity contribution in [2.24, 2.45) is 0 Å². The van der Waals surface area contributed by atoms with Gasteiger partial charge in [0.15, 0.2) is 11.3 Å². The van der Waals surface area contributed by atoms with Crippen LogP contribution in [0.15, 0.2) is 63.5 Å². The molecule has 1 aliphatic carbocycles. The van der Waals surface area contributed by atoms with E-state index in [1.165, 1.54) is 44.9 Å². The first-order chi connectivity index (χ1) is 19.8. The molecule has 5 nitrogen and oxygen atoms in total. The number of hydrogen-bond acceptors (Lipinski definition) is 5. The van der Waals surface area contributed by atoms with Crippen molar-refractivity contribution in [3.63, 3.8) is 0 Å². The topological polar surface area (TPSA) is 76.7 Å². The fourth-order valence-electron chi connectivity index (χ4n) is 4.99. The van der Waals surface area contributed by atoms with Crippen LogP contribution in [0.25, 0.3) is 33.4 Å². The lowest BCUT2D eigenvalue weighted by molar-refractivity contribution is 0.0498. The Labute approximate surface area is 273 Å². The first-order valence-corrected chi connectivity index (χ1v) is 17.1. The Kier molecular flexibility index (Phi) is 11.9. The average Bonchev–Trinajstić information content (AvgIpc) is 2.97. The van der Waals surface area contributed by atoms with Gasteiger partial charge < -0.3 is 14.3 Å². The molecule has 218 valence electrons. The molecule has 41 heavy (non-hydrogen) atoms. The van der Waals surface area contributed by atoms with Crippen molar-refractivity contribution in [3.05, 3.63) is 70.1 Å². The summed E-state index contributed by atoms with van der Waals surface area (Å²) in [6.07, 6.45) is 12.1. The van der Waals surface area contributed by atoms with Crippen LogP contribution in [0.2, 0.25) is 0 Å². The van der Waals surface area contributed by atoms with E-state index in [4.69, 9.17) is 9.15 Å². The molecule has 0 fully saturated rings. The fraction of sp³-hybridized carbons (Fsp3) is 0.375. The third-order valence-corrected chi connectivity index (χ3v) is 9.82. The highest BCUT2D eigenvalue weighted by Gasteiger charge is 2.27. The molecule has 0 spiro atoms. The minimum absolute atomic E-state index is 0.0358. The number of benzene rings is 3. The monoisotopic (exact) mass is 812 g/mol. The normalized spacial score (nSPS) is 11.4. The molecule has 0 atom stereocenters. The summed E-state index contributed by atoms with van der Waals surface area (Å²) >= 11 is 13.6. The number of phenolic OH excluding ortho intramolecular Hbond substituents is 1. The molecular formula is C32H32Br4O5. The van der Waals surface area contributed by atoms with Crippen LogP contribution in [0, 0.1) is 0 Å². The zero-order chi connectivity index (χ0) is 29.5. The smallest absolute Gasteiger partial charge is 0.338 e. The van der Waals surface area contributed by atoms with Crippen molar-refractivity contribution in [3.8, 4) is 28.2 Å². The van der Waals surface area contributed by atoms with E-state index in [1.807, 2.05) is 12.1 Å². The van der Waals surface area contributed by atoms with Crippen molar-refractivity contribution < 1.29 is 19.1 Å². The average molecular weight is 816 g/mol. The molecule has 0 saturated heterocycles. The van der Waals surface area contributed by atoms with Crippen molar-refractivity contribution in [1.29, 1.82) is 0 Å². The second kappa shape index (κ2) is 15.2. The Hall–Kier alpha value is -1.68. The largest absolute Gasteiger partial charge is 0.505 e. The van der Waals surface area contributed by atoms with Crippen LogP contribution in [-0.2, 0) is 4.74 Å². The Morgan fingerprint density at radius 2 is 1.46 bits per heavy atom. The maximum atomic E-state index is 13.4. The molecule has 0 amide bonds. The summed E-state index contributed by atoms with van der Waals surface area (Å²) in [6, 6.07) is 10.7. The van der Waals surface area contributed by atoms with Gasteiger partial charge >= 0.3 is 5.97 Å². The van der Waals surface area contributed by atoms with Crippen LogP contribution in [0.1, 0.15) is 81.5 Å². The standard InChI is InChI=1S/C32H32Br4O5/c1-2-3-4-5-6-7-8-9-10-13-16-40-32(39)20-15-12-11-14-19(20)25-21-17-23(33)28(37)26(35)30(21)41-31-22(25)18-24(34)29(38)27(31)36/h11-12,14-15,17-18,37H,2-10,13,16H2,1H3. The summed E-state index contributed by atoms with van der Waals surface area (Å²) in [5.41, 5.74) is 2.41. The number of carbonyl (C=O) groups is 1. The second-order valence-electron chi connectivity index (χ2n) is 10.1. The molecule has 0 aromatic heterocycles. The van der Waals surface area contributed by atoms with E-state index >= 15 is 0 Å². The summed E-state index contributed by atoms with van der Waals surface area (Å²) in [7, 11) is 0. The predicted molar refractivity (Wildman–Crippen MR) is 179 cm³/mol. The molecule has 1 N–H and O–H groups in total. The van der Waals surface area contributed by atoms with Gasteiger partial charge in [0.2, 0.25) is 5.43 Å². The van der Waals surface area contributed by atoms with Gasteiger partial charge in [0, 0.05) is 16.5 Å². The van der Waals surface area contributed by atoms with Crippen LogP contribution in [0.4, 0.5) is 0 Å². The number of fused-ring (bicyclic) bond motifs is 2. The van der Waals surface area contributed by atoms with Gasteiger partial charge in [-0.3, -0.25) is 4.79 Å². The first kappa shape index (κ1) is 32.2. The van der Waals surface area contributed by atoms with E-state index in [0.29, 0.717) is 59.0 Å². The zero-order valence-corrected chi connectivity index (χ0v) is 29.2. The molecule has 2 aromatic rings. The minimum atomic E-state index is -0.408. The van der Waals surface area contributed by atoms with Gasteiger partial charge in [-0.2, -0.15) is 0 Å². The summed E-state index contributed by atoms with van der Waals surface area (Å²) in [6.45, 7) is 2.59. The van der Waals surface area contributed by atoms with E-state index in [0.717, 1.165) is 19.3 Å². The molecule has 4 rings (SSSR count). The van der Waals surface area contributed by atoms with E-state index in [1.54, 1.807) is 24.3 Å². The van der Waals surface area contributed by atoms with Crippen molar-refractivity contribution in [2.75, 3.05) is 6.61 Å². The van der Waals surface area contributed by atoms with Crippen molar-refractivity contribution in [1.82, 2.24) is 0 Å². The van der Waals surface area contributed by atoms with Gasteiger partial charge in [-0.05, 0) is 93.9 Å². The molecule has 1 heterocycles. The Morgan fingerprint density at radius 3 is 2.15 bits per heavy atom. The third kappa shape index (κ3) is 7.46. The molecule has 2 aromatic carbocycles. The van der Waals surface area contributed by atoms with E-state index < -0.39 is 5.97 Å². The number of unbranched alkanes of at least 4 members (excludes halogenated alkanes) is 9. The number of phenols is 1. The lowest BCUT2D eigenvalue weighted by Crippen LogP contribution is -2.10. The van der Waals surface area contributed by atoms with E-state index in [9.17, 15) is 14.7 Å².